The highest BCUT2D eigenvalue weighted by Crippen LogP contribution is 2.28. The van der Waals surface area contributed by atoms with Crippen LogP contribution in [0.25, 0.3) is 0 Å². The van der Waals surface area contributed by atoms with Crippen LogP contribution in [0.15, 0.2) is 47.7 Å². The van der Waals surface area contributed by atoms with Gasteiger partial charge >= 0.3 is 12.1 Å². The summed E-state index contributed by atoms with van der Waals surface area (Å²) >= 11 is 0. The first-order valence-electron chi connectivity index (χ1n) is 6.61. The van der Waals surface area contributed by atoms with Gasteiger partial charge in [0, 0.05) is 6.20 Å². The largest absolute Gasteiger partial charge is 0.482 e. The van der Waals surface area contributed by atoms with Gasteiger partial charge in [0.05, 0.1) is 11.8 Å². The minimum Gasteiger partial charge on any atom is -0.482 e. The molecule has 0 saturated carbocycles. The topological polar surface area (TPSA) is 83.8 Å². The third-order valence-electron chi connectivity index (χ3n) is 2.73. The van der Waals surface area contributed by atoms with Gasteiger partial charge in [-0.05, 0) is 42.0 Å². The average Bonchev–Trinajstić information content (AvgIpc) is 2.54. The molecule has 0 spiro atoms. The lowest BCUT2D eigenvalue weighted by Gasteiger charge is -2.06. The number of carboxylic acid groups (broad SMARTS) is 1. The normalized spacial score (nSPS) is 11.5. The fourth-order valence-corrected chi connectivity index (χ4v) is 1.60. The molecule has 0 saturated heterocycles. The van der Waals surface area contributed by atoms with E-state index in [1.165, 1.54) is 12.3 Å². The van der Waals surface area contributed by atoms with Crippen molar-refractivity contribution in [2.24, 2.45) is 5.10 Å². The van der Waals surface area contributed by atoms with E-state index in [2.05, 4.69) is 15.5 Å². The Balaban J connectivity index is 1.90. The minimum atomic E-state index is -4.43. The molecule has 2 N–H and O–H groups in total. The Hall–Kier alpha value is -3.10. The number of aliphatic carboxylic acids is 1. The number of aromatic nitrogens is 1. The molecule has 1 heterocycles. The van der Waals surface area contributed by atoms with Gasteiger partial charge in [0.1, 0.15) is 11.6 Å². The average molecular weight is 339 g/mol. The SMILES string of the molecule is O=C(O)COc1ccc(/C=N\Nc2ccc(C(F)(F)F)cn2)cc1. The van der Waals surface area contributed by atoms with E-state index in [0.717, 1.165) is 6.07 Å². The minimum absolute atomic E-state index is 0.167. The lowest BCUT2D eigenvalue weighted by atomic mass is 10.2. The van der Waals surface area contributed by atoms with E-state index >= 15 is 0 Å². The number of nitrogens with one attached hydrogen (secondary N) is 1. The standard InChI is InChI=1S/C15H12F3N3O3/c16-15(17,18)11-3-6-13(19-8-11)21-20-7-10-1-4-12(5-2-10)24-9-14(22)23/h1-8H,9H2,(H,19,21)(H,22,23)/b20-7-. The van der Waals surface area contributed by atoms with Crippen molar-refractivity contribution in [3.05, 3.63) is 53.7 Å². The summed E-state index contributed by atoms with van der Waals surface area (Å²) < 4.78 is 42.1. The van der Waals surface area contributed by atoms with Crippen molar-refractivity contribution in [1.82, 2.24) is 4.98 Å². The molecule has 2 aromatic rings. The van der Waals surface area contributed by atoms with Gasteiger partial charge in [-0.2, -0.15) is 18.3 Å². The number of carboxylic acids is 1. The zero-order valence-electron chi connectivity index (χ0n) is 12.1. The second kappa shape index (κ2) is 7.44. The monoisotopic (exact) mass is 339 g/mol. The van der Waals surface area contributed by atoms with Gasteiger partial charge in [0.25, 0.3) is 0 Å². The van der Waals surface area contributed by atoms with E-state index in [4.69, 9.17) is 9.84 Å². The number of hydrazone groups is 1. The highest BCUT2D eigenvalue weighted by Gasteiger charge is 2.30. The summed E-state index contributed by atoms with van der Waals surface area (Å²) in [6.45, 7) is -0.436. The van der Waals surface area contributed by atoms with Crippen LogP contribution in [0.3, 0.4) is 0 Å². The zero-order valence-corrected chi connectivity index (χ0v) is 12.1. The van der Waals surface area contributed by atoms with Crippen molar-refractivity contribution in [3.8, 4) is 5.75 Å². The Morgan fingerprint density at radius 3 is 2.50 bits per heavy atom. The van der Waals surface area contributed by atoms with Gasteiger partial charge in [-0.1, -0.05) is 0 Å². The van der Waals surface area contributed by atoms with Gasteiger partial charge < -0.3 is 9.84 Å². The summed E-state index contributed by atoms with van der Waals surface area (Å²) in [4.78, 5) is 14.0. The molecular weight excluding hydrogens is 327 g/mol. The lowest BCUT2D eigenvalue weighted by Crippen LogP contribution is -2.09. The molecule has 0 atom stereocenters. The van der Waals surface area contributed by atoms with Crippen LogP contribution in [0.1, 0.15) is 11.1 Å². The molecule has 9 heteroatoms. The number of hydrogen-bond donors (Lipinski definition) is 2. The summed E-state index contributed by atoms with van der Waals surface area (Å²) in [5, 5.41) is 12.3. The molecule has 0 unspecified atom stereocenters. The highest BCUT2D eigenvalue weighted by atomic mass is 19.4. The van der Waals surface area contributed by atoms with Crippen molar-refractivity contribution >= 4 is 18.0 Å². The number of alkyl halides is 3. The zero-order chi connectivity index (χ0) is 17.6. The van der Waals surface area contributed by atoms with Crippen molar-refractivity contribution in [3.63, 3.8) is 0 Å². The van der Waals surface area contributed by atoms with E-state index in [1.54, 1.807) is 24.3 Å². The first-order valence-corrected chi connectivity index (χ1v) is 6.61. The number of benzene rings is 1. The third-order valence-corrected chi connectivity index (χ3v) is 2.73. The van der Waals surface area contributed by atoms with Gasteiger partial charge in [-0.15, -0.1) is 0 Å². The number of carbonyl (C=O) groups is 1. The number of pyridine rings is 1. The number of anilines is 1. The van der Waals surface area contributed by atoms with Crippen molar-refractivity contribution in [2.45, 2.75) is 6.18 Å². The van der Waals surface area contributed by atoms with Crippen LogP contribution in [0.5, 0.6) is 5.75 Å². The number of ether oxygens (including phenoxy) is 1. The van der Waals surface area contributed by atoms with E-state index in [1.807, 2.05) is 0 Å². The molecule has 1 aromatic heterocycles. The molecule has 1 aromatic carbocycles. The van der Waals surface area contributed by atoms with Crippen molar-refractivity contribution in [2.75, 3.05) is 12.0 Å². The van der Waals surface area contributed by atoms with Crippen molar-refractivity contribution in [1.29, 1.82) is 0 Å². The molecule has 0 aliphatic rings. The van der Waals surface area contributed by atoms with E-state index < -0.39 is 24.3 Å². The predicted molar refractivity (Wildman–Crippen MR) is 80.0 cm³/mol. The molecule has 0 fully saturated rings. The number of hydrogen-bond acceptors (Lipinski definition) is 5. The Labute approximate surface area is 134 Å². The molecule has 0 aliphatic heterocycles. The fraction of sp³-hybridized carbons (Fsp3) is 0.133. The van der Waals surface area contributed by atoms with E-state index in [-0.39, 0.29) is 5.82 Å². The molecule has 0 radical (unpaired) electrons. The second-order valence-electron chi connectivity index (χ2n) is 4.55. The second-order valence-corrected chi connectivity index (χ2v) is 4.55. The molecule has 0 bridgehead atoms. The maximum Gasteiger partial charge on any atom is 0.417 e. The number of halogens is 3. The van der Waals surface area contributed by atoms with Gasteiger partial charge in [0.2, 0.25) is 0 Å². The van der Waals surface area contributed by atoms with E-state index in [0.29, 0.717) is 17.5 Å². The van der Waals surface area contributed by atoms with Crippen LogP contribution in [0.4, 0.5) is 19.0 Å². The maximum atomic E-state index is 12.4. The van der Waals surface area contributed by atoms with Gasteiger partial charge in [0.15, 0.2) is 6.61 Å². The lowest BCUT2D eigenvalue weighted by molar-refractivity contribution is -0.139. The van der Waals surface area contributed by atoms with Gasteiger partial charge in [-0.25, -0.2) is 9.78 Å². The molecule has 0 amide bonds. The summed E-state index contributed by atoms with van der Waals surface area (Å²) in [5.41, 5.74) is 2.35. The Morgan fingerprint density at radius 2 is 1.96 bits per heavy atom. The molecule has 24 heavy (non-hydrogen) atoms. The van der Waals surface area contributed by atoms with Crippen LogP contribution in [-0.2, 0) is 11.0 Å². The molecule has 2 rings (SSSR count). The van der Waals surface area contributed by atoms with Crippen molar-refractivity contribution < 1.29 is 27.8 Å². The first kappa shape index (κ1) is 17.3. The summed E-state index contributed by atoms with van der Waals surface area (Å²) in [6.07, 6.45) is -2.29. The fourth-order valence-electron chi connectivity index (χ4n) is 1.60. The summed E-state index contributed by atoms with van der Waals surface area (Å²) in [5.74, 6) is -0.513. The van der Waals surface area contributed by atoms with Crippen LogP contribution < -0.4 is 10.2 Å². The Bertz CT molecular complexity index is 713. The smallest absolute Gasteiger partial charge is 0.417 e. The van der Waals surface area contributed by atoms with Crippen LogP contribution in [0, 0.1) is 0 Å². The third kappa shape index (κ3) is 5.27. The van der Waals surface area contributed by atoms with Crippen LogP contribution >= 0.6 is 0 Å². The van der Waals surface area contributed by atoms with Crippen LogP contribution in [0.2, 0.25) is 0 Å². The Morgan fingerprint density at radius 1 is 1.25 bits per heavy atom. The predicted octanol–water partition coefficient (Wildman–Crippen LogP) is 3.01. The van der Waals surface area contributed by atoms with E-state index in [9.17, 15) is 18.0 Å². The molecule has 126 valence electrons. The van der Waals surface area contributed by atoms with Crippen LogP contribution in [-0.4, -0.2) is 28.9 Å². The quantitative estimate of drug-likeness (QED) is 0.624. The maximum absolute atomic E-state index is 12.4. The van der Waals surface area contributed by atoms with Gasteiger partial charge in [-0.3, -0.25) is 5.43 Å². The number of rotatable bonds is 6. The highest BCUT2D eigenvalue weighted by molar-refractivity contribution is 5.80. The molecular formula is C15H12F3N3O3. The molecule has 6 nitrogen and oxygen atoms in total. The summed E-state index contributed by atoms with van der Waals surface area (Å²) in [7, 11) is 0. The number of nitrogens with zero attached hydrogens (tertiary/aromatic N) is 2. The Kier molecular flexibility index (Phi) is 5.35. The molecule has 0 aliphatic carbocycles. The summed E-state index contributed by atoms with van der Waals surface area (Å²) in [6, 6.07) is 8.49. The first-order chi connectivity index (χ1) is 11.3.